The number of aliphatic hydroxyl groups is 1. The van der Waals surface area contributed by atoms with E-state index >= 15 is 0 Å². The molecule has 1 amide bonds. The molecule has 0 unspecified atom stereocenters. The predicted molar refractivity (Wildman–Crippen MR) is 85.0 cm³/mol. The van der Waals surface area contributed by atoms with E-state index in [1.807, 2.05) is 50.9 Å². The van der Waals surface area contributed by atoms with Crippen LogP contribution in [0.15, 0.2) is 30.3 Å². The minimum Gasteiger partial charge on any atom is -0.396 e. The molecule has 1 fully saturated rings. The quantitative estimate of drug-likeness (QED) is 0.929. The van der Waals surface area contributed by atoms with Crippen LogP contribution in [0.25, 0.3) is 0 Å². The first-order chi connectivity index (χ1) is 9.84. The van der Waals surface area contributed by atoms with Crippen LogP contribution in [0.4, 0.5) is 0 Å². The van der Waals surface area contributed by atoms with Crippen LogP contribution in [-0.4, -0.2) is 35.6 Å². The lowest BCUT2D eigenvalue weighted by atomic mass is 9.89. The molecule has 1 aliphatic rings. The largest absolute Gasteiger partial charge is 0.396 e. The molecule has 0 spiro atoms. The van der Waals surface area contributed by atoms with Gasteiger partial charge in [-0.1, -0.05) is 51.1 Å². The lowest BCUT2D eigenvalue weighted by Gasteiger charge is -2.31. The Hall–Kier alpha value is -1.35. The van der Waals surface area contributed by atoms with Crippen molar-refractivity contribution in [3.8, 4) is 0 Å². The Morgan fingerprint density at radius 2 is 1.86 bits per heavy atom. The number of hydrogen-bond donors (Lipinski definition) is 1. The van der Waals surface area contributed by atoms with Gasteiger partial charge in [-0.15, -0.1) is 0 Å². The van der Waals surface area contributed by atoms with Crippen LogP contribution >= 0.6 is 0 Å². The fraction of sp³-hybridized carbons (Fsp3) is 0.611. The first-order valence-electron chi connectivity index (χ1n) is 7.77. The van der Waals surface area contributed by atoms with Gasteiger partial charge in [0.15, 0.2) is 0 Å². The van der Waals surface area contributed by atoms with Gasteiger partial charge in [-0.3, -0.25) is 4.79 Å². The molecule has 3 heteroatoms. The first kappa shape index (κ1) is 16.0. The number of amides is 1. The Kier molecular flexibility index (Phi) is 4.72. The molecule has 0 radical (unpaired) electrons. The Labute approximate surface area is 128 Å². The van der Waals surface area contributed by atoms with Gasteiger partial charge in [-0.05, 0) is 30.2 Å². The second-order valence-corrected chi connectivity index (χ2v) is 7.25. The summed E-state index contributed by atoms with van der Waals surface area (Å²) in [5.74, 6) is 0.766. The van der Waals surface area contributed by atoms with Gasteiger partial charge in [-0.2, -0.15) is 0 Å². The summed E-state index contributed by atoms with van der Waals surface area (Å²) in [4.78, 5) is 14.3. The minimum absolute atomic E-state index is 0.179. The van der Waals surface area contributed by atoms with Crippen LogP contribution in [0, 0.1) is 11.3 Å². The molecule has 0 bridgehead atoms. The first-order valence-corrected chi connectivity index (χ1v) is 7.77. The van der Waals surface area contributed by atoms with E-state index in [4.69, 9.17) is 0 Å². The number of benzene rings is 1. The Bertz CT molecular complexity index is 478. The van der Waals surface area contributed by atoms with Gasteiger partial charge < -0.3 is 10.0 Å². The molecule has 2 rings (SSSR count). The van der Waals surface area contributed by atoms with E-state index in [2.05, 4.69) is 12.1 Å². The Balaban J connectivity index is 2.14. The van der Waals surface area contributed by atoms with Crippen molar-refractivity contribution in [3.05, 3.63) is 35.9 Å². The highest BCUT2D eigenvalue weighted by Crippen LogP contribution is 2.41. The standard InChI is InChI=1S/C18H27NO2/c1-18(2,3)17(21)19(4)15-10-14(12-20)16(11-15)13-8-6-5-7-9-13/h5-9,14-16,20H,10-12H2,1-4H3/t14-,15-,16-/m0/s1. The van der Waals surface area contributed by atoms with Crippen LogP contribution < -0.4 is 0 Å². The fourth-order valence-electron chi connectivity index (χ4n) is 3.42. The van der Waals surface area contributed by atoms with E-state index in [1.165, 1.54) is 5.56 Å². The maximum absolute atomic E-state index is 12.5. The van der Waals surface area contributed by atoms with Crippen molar-refractivity contribution in [1.82, 2.24) is 4.90 Å². The molecule has 1 aromatic carbocycles. The number of rotatable bonds is 3. The number of carbonyl (C=O) groups excluding carboxylic acids is 1. The molecular weight excluding hydrogens is 262 g/mol. The topological polar surface area (TPSA) is 40.5 Å². The van der Waals surface area contributed by atoms with Crippen LogP contribution in [0.3, 0.4) is 0 Å². The van der Waals surface area contributed by atoms with Gasteiger partial charge >= 0.3 is 0 Å². The van der Waals surface area contributed by atoms with Crippen LogP contribution in [0.2, 0.25) is 0 Å². The van der Waals surface area contributed by atoms with E-state index in [0.29, 0.717) is 5.92 Å². The second-order valence-electron chi connectivity index (χ2n) is 7.25. The number of aliphatic hydroxyl groups excluding tert-OH is 1. The van der Waals surface area contributed by atoms with Crippen molar-refractivity contribution in [2.24, 2.45) is 11.3 Å². The summed E-state index contributed by atoms with van der Waals surface area (Å²) in [7, 11) is 1.90. The minimum atomic E-state index is -0.353. The van der Waals surface area contributed by atoms with Gasteiger partial charge in [0, 0.05) is 25.1 Å². The maximum atomic E-state index is 12.5. The van der Waals surface area contributed by atoms with Gasteiger partial charge in [0.1, 0.15) is 0 Å². The molecule has 0 aromatic heterocycles. The summed E-state index contributed by atoms with van der Waals surface area (Å²) >= 11 is 0. The third-order valence-electron chi connectivity index (χ3n) is 4.64. The van der Waals surface area contributed by atoms with Gasteiger partial charge in [0.2, 0.25) is 5.91 Å². The van der Waals surface area contributed by atoms with E-state index in [9.17, 15) is 9.90 Å². The summed E-state index contributed by atoms with van der Waals surface area (Å²) in [6, 6.07) is 10.6. The van der Waals surface area contributed by atoms with Crippen molar-refractivity contribution in [3.63, 3.8) is 0 Å². The highest BCUT2D eigenvalue weighted by Gasteiger charge is 2.39. The zero-order valence-corrected chi connectivity index (χ0v) is 13.5. The lowest BCUT2D eigenvalue weighted by Crippen LogP contribution is -2.42. The molecule has 3 nitrogen and oxygen atoms in total. The third kappa shape index (κ3) is 3.46. The monoisotopic (exact) mass is 289 g/mol. The van der Waals surface area contributed by atoms with Crippen molar-refractivity contribution in [2.45, 2.75) is 45.6 Å². The maximum Gasteiger partial charge on any atom is 0.227 e. The number of carbonyl (C=O) groups is 1. The fourth-order valence-corrected chi connectivity index (χ4v) is 3.42. The van der Waals surface area contributed by atoms with E-state index < -0.39 is 0 Å². The summed E-state index contributed by atoms with van der Waals surface area (Å²) in [6.07, 6.45) is 1.82. The normalized spacial score (nSPS) is 25.9. The Morgan fingerprint density at radius 1 is 1.24 bits per heavy atom. The van der Waals surface area contributed by atoms with Crippen molar-refractivity contribution in [1.29, 1.82) is 0 Å². The summed E-state index contributed by atoms with van der Waals surface area (Å²) < 4.78 is 0. The molecule has 1 N–H and O–H groups in total. The molecule has 0 heterocycles. The van der Waals surface area contributed by atoms with Gasteiger partial charge in [0.25, 0.3) is 0 Å². The van der Waals surface area contributed by atoms with Crippen molar-refractivity contribution < 1.29 is 9.90 Å². The highest BCUT2D eigenvalue weighted by molar-refractivity contribution is 5.81. The van der Waals surface area contributed by atoms with Crippen LogP contribution in [0.1, 0.15) is 45.1 Å². The molecular formula is C18H27NO2. The zero-order valence-electron chi connectivity index (χ0n) is 13.5. The van der Waals surface area contributed by atoms with Crippen molar-refractivity contribution in [2.75, 3.05) is 13.7 Å². The average molecular weight is 289 g/mol. The van der Waals surface area contributed by atoms with Crippen LogP contribution in [-0.2, 0) is 4.79 Å². The molecule has 1 aromatic rings. The second kappa shape index (κ2) is 6.18. The lowest BCUT2D eigenvalue weighted by molar-refractivity contribution is -0.140. The highest BCUT2D eigenvalue weighted by atomic mass is 16.3. The SMILES string of the molecule is CN(C(=O)C(C)(C)C)[C@H]1C[C@@H](CO)[C@H](c2ccccc2)C1. The molecule has 1 saturated carbocycles. The van der Waals surface area contributed by atoms with Crippen molar-refractivity contribution >= 4 is 5.91 Å². The summed E-state index contributed by atoms with van der Waals surface area (Å²) in [6.45, 7) is 6.06. The van der Waals surface area contributed by atoms with E-state index in [0.717, 1.165) is 12.8 Å². The molecule has 0 aliphatic heterocycles. The Morgan fingerprint density at radius 3 is 2.38 bits per heavy atom. The number of hydrogen-bond acceptors (Lipinski definition) is 2. The van der Waals surface area contributed by atoms with Gasteiger partial charge in [-0.25, -0.2) is 0 Å². The summed E-state index contributed by atoms with van der Waals surface area (Å²) in [5.41, 5.74) is 0.921. The number of nitrogens with zero attached hydrogens (tertiary/aromatic N) is 1. The molecule has 0 saturated heterocycles. The van der Waals surface area contributed by atoms with E-state index in [1.54, 1.807) is 0 Å². The average Bonchev–Trinajstić information content (AvgIpc) is 2.90. The van der Waals surface area contributed by atoms with E-state index in [-0.39, 0.29) is 29.9 Å². The third-order valence-corrected chi connectivity index (χ3v) is 4.64. The predicted octanol–water partition coefficient (Wildman–Crippen LogP) is 3.05. The zero-order chi connectivity index (χ0) is 15.6. The smallest absolute Gasteiger partial charge is 0.227 e. The molecule has 116 valence electrons. The molecule has 1 aliphatic carbocycles. The molecule has 3 atom stereocenters. The van der Waals surface area contributed by atoms with Crippen LogP contribution in [0.5, 0.6) is 0 Å². The summed E-state index contributed by atoms with van der Waals surface area (Å²) in [5, 5.41) is 9.69. The molecule has 21 heavy (non-hydrogen) atoms. The van der Waals surface area contributed by atoms with Gasteiger partial charge in [0.05, 0.1) is 0 Å².